The van der Waals surface area contributed by atoms with Crippen molar-refractivity contribution in [1.29, 1.82) is 0 Å². The first-order valence-electron chi connectivity index (χ1n) is 5.63. The maximum atomic E-state index is 5.19. The molecular formula is C13H22N2O. The molecule has 0 aliphatic heterocycles. The van der Waals surface area contributed by atoms with E-state index in [1.807, 2.05) is 12.1 Å². The molecule has 1 aromatic carbocycles. The van der Waals surface area contributed by atoms with Gasteiger partial charge >= 0.3 is 0 Å². The van der Waals surface area contributed by atoms with Crippen molar-refractivity contribution in [2.75, 3.05) is 27.7 Å². The highest BCUT2D eigenvalue weighted by Crippen LogP contribution is 2.12. The monoisotopic (exact) mass is 222 g/mol. The van der Waals surface area contributed by atoms with E-state index in [4.69, 9.17) is 4.74 Å². The van der Waals surface area contributed by atoms with Crippen LogP contribution in [0.4, 0.5) is 0 Å². The third kappa shape index (κ3) is 4.64. The van der Waals surface area contributed by atoms with Gasteiger partial charge in [0.2, 0.25) is 0 Å². The van der Waals surface area contributed by atoms with Gasteiger partial charge in [0.05, 0.1) is 7.11 Å². The molecular weight excluding hydrogens is 200 g/mol. The molecule has 0 saturated carbocycles. The van der Waals surface area contributed by atoms with Crippen molar-refractivity contribution in [2.24, 2.45) is 0 Å². The summed E-state index contributed by atoms with van der Waals surface area (Å²) in [5, 5.41) is 3.48. The van der Waals surface area contributed by atoms with Crippen molar-refractivity contribution in [1.82, 2.24) is 10.2 Å². The summed E-state index contributed by atoms with van der Waals surface area (Å²) in [6.45, 7) is 4.12. The lowest BCUT2D eigenvalue weighted by atomic mass is 10.2. The Morgan fingerprint density at radius 2 is 2.12 bits per heavy atom. The van der Waals surface area contributed by atoms with Crippen LogP contribution in [-0.4, -0.2) is 38.7 Å². The van der Waals surface area contributed by atoms with Gasteiger partial charge in [-0.3, -0.25) is 0 Å². The minimum atomic E-state index is 0.487. The molecule has 1 atom stereocenters. The summed E-state index contributed by atoms with van der Waals surface area (Å²) >= 11 is 0. The summed E-state index contributed by atoms with van der Waals surface area (Å²) in [6.07, 6.45) is 0. The van der Waals surface area contributed by atoms with E-state index < -0.39 is 0 Å². The molecule has 1 rings (SSSR count). The van der Waals surface area contributed by atoms with E-state index in [9.17, 15) is 0 Å². The number of likely N-dealkylation sites (N-methyl/N-ethyl adjacent to an activating group) is 1. The second kappa shape index (κ2) is 6.51. The molecule has 0 radical (unpaired) electrons. The van der Waals surface area contributed by atoms with Crippen LogP contribution in [0.3, 0.4) is 0 Å². The van der Waals surface area contributed by atoms with Gasteiger partial charge in [-0.25, -0.2) is 0 Å². The standard InChI is InChI=1S/C13H22N2O/c1-11(10-15(2)3)14-9-12-6-5-7-13(8-12)16-4/h5-8,11,14H,9-10H2,1-4H3. The van der Waals surface area contributed by atoms with Crippen molar-refractivity contribution in [3.63, 3.8) is 0 Å². The number of hydrogen-bond donors (Lipinski definition) is 1. The van der Waals surface area contributed by atoms with Crippen LogP contribution in [0.2, 0.25) is 0 Å². The van der Waals surface area contributed by atoms with Gasteiger partial charge < -0.3 is 15.0 Å². The molecule has 1 N–H and O–H groups in total. The Morgan fingerprint density at radius 1 is 1.38 bits per heavy atom. The van der Waals surface area contributed by atoms with Crippen LogP contribution in [0.15, 0.2) is 24.3 Å². The van der Waals surface area contributed by atoms with E-state index in [1.54, 1.807) is 7.11 Å². The molecule has 1 aromatic rings. The van der Waals surface area contributed by atoms with Gasteiger partial charge in [0.1, 0.15) is 5.75 Å². The first kappa shape index (κ1) is 13.0. The lowest BCUT2D eigenvalue weighted by Gasteiger charge is -2.18. The smallest absolute Gasteiger partial charge is 0.119 e. The topological polar surface area (TPSA) is 24.5 Å². The van der Waals surface area contributed by atoms with Gasteiger partial charge in [-0.1, -0.05) is 12.1 Å². The normalized spacial score (nSPS) is 12.8. The highest BCUT2D eigenvalue weighted by molar-refractivity contribution is 5.28. The van der Waals surface area contributed by atoms with Gasteiger partial charge in [0.15, 0.2) is 0 Å². The predicted molar refractivity (Wildman–Crippen MR) is 67.8 cm³/mol. The van der Waals surface area contributed by atoms with E-state index in [-0.39, 0.29) is 0 Å². The number of rotatable bonds is 6. The van der Waals surface area contributed by atoms with Crippen LogP contribution in [0.5, 0.6) is 5.75 Å². The summed E-state index contributed by atoms with van der Waals surface area (Å²) in [6, 6.07) is 8.65. The average Bonchev–Trinajstić information content (AvgIpc) is 2.26. The fraction of sp³-hybridized carbons (Fsp3) is 0.538. The zero-order valence-electron chi connectivity index (χ0n) is 10.7. The molecule has 0 aliphatic carbocycles. The zero-order chi connectivity index (χ0) is 12.0. The molecule has 0 fully saturated rings. The summed E-state index contributed by atoms with van der Waals surface area (Å²) in [4.78, 5) is 2.18. The van der Waals surface area contributed by atoms with E-state index in [1.165, 1.54) is 5.56 Å². The SMILES string of the molecule is COc1cccc(CNC(C)CN(C)C)c1. The van der Waals surface area contributed by atoms with E-state index in [0.717, 1.165) is 18.8 Å². The van der Waals surface area contributed by atoms with E-state index >= 15 is 0 Å². The largest absolute Gasteiger partial charge is 0.497 e. The number of benzene rings is 1. The van der Waals surface area contributed by atoms with Crippen LogP contribution in [-0.2, 0) is 6.54 Å². The Balaban J connectivity index is 2.41. The van der Waals surface area contributed by atoms with Crippen LogP contribution in [0.1, 0.15) is 12.5 Å². The first-order chi connectivity index (χ1) is 7.61. The number of methoxy groups -OCH3 is 1. The zero-order valence-corrected chi connectivity index (χ0v) is 10.7. The molecule has 0 aliphatic rings. The van der Waals surface area contributed by atoms with Gasteiger partial charge in [-0.15, -0.1) is 0 Å². The second-order valence-electron chi connectivity index (χ2n) is 4.40. The highest BCUT2D eigenvalue weighted by Gasteiger charge is 2.03. The van der Waals surface area contributed by atoms with Crippen LogP contribution >= 0.6 is 0 Å². The molecule has 16 heavy (non-hydrogen) atoms. The van der Waals surface area contributed by atoms with Crippen LogP contribution < -0.4 is 10.1 Å². The molecule has 0 bridgehead atoms. The summed E-state index contributed by atoms with van der Waals surface area (Å²) < 4.78 is 5.19. The summed E-state index contributed by atoms with van der Waals surface area (Å²) in [5.41, 5.74) is 1.25. The van der Waals surface area contributed by atoms with Crippen molar-refractivity contribution in [2.45, 2.75) is 19.5 Å². The van der Waals surface area contributed by atoms with Crippen LogP contribution in [0.25, 0.3) is 0 Å². The Hall–Kier alpha value is -1.06. The number of nitrogens with one attached hydrogen (secondary N) is 1. The van der Waals surface area contributed by atoms with Crippen molar-refractivity contribution in [3.05, 3.63) is 29.8 Å². The summed E-state index contributed by atoms with van der Waals surface area (Å²) in [5.74, 6) is 0.916. The third-order valence-corrected chi connectivity index (χ3v) is 2.43. The van der Waals surface area contributed by atoms with E-state index in [0.29, 0.717) is 6.04 Å². The average molecular weight is 222 g/mol. The second-order valence-corrected chi connectivity index (χ2v) is 4.40. The van der Waals surface area contributed by atoms with Gasteiger partial charge in [-0.05, 0) is 38.7 Å². The Labute approximate surface area is 98.4 Å². The molecule has 90 valence electrons. The van der Waals surface area contributed by atoms with Gasteiger partial charge in [0.25, 0.3) is 0 Å². The van der Waals surface area contributed by atoms with Crippen molar-refractivity contribution >= 4 is 0 Å². The van der Waals surface area contributed by atoms with Crippen molar-refractivity contribution < 1.29 is 4.74 Å². The molecule has 0 heterocycles. The Kier molecular flexibility index (Phi) is 5.29. The molecule has 0 aromatic heterocycles. The lowest BCUT2D eigenvalue weighted by Crippen LogP contribution is -2.35. The minimum absolute atomic E-state index is 0.487. The van der Waals surface area contributed by atoms with Gasteiger partial charge in [0, 0.05) is 19.1 Å². The number of hydrogen-bond acceptors (Lipinski definition) is 3. The minimum Gasteiger partial charge on any atom is -0.497 e. The van der Waals surface area contributed by atoms with Gasteiger partial charge in [-0.2, -0.15) is 0 Å². The fourth-order valence-electron chi connectivity index (χ4n) is 1.69. The molecule has 3 nitrogen and oxygen atoms in total. The predicted octanol–water partition coefficient (Wildman–Crippen LogP) is 1.73. The molecule has 0 amide bonds. The molecule has 3 heteroatoms. The van der Waals surface area contributed by atoms with Crippen LogP contribution in [0, 0.1) is 0 Å². The molecule has 0 saturated heterocycles. The maximum Gasteiger partial charge on any atom is 0.119 e. The lowest BCUT2D eigenvalue weighted by molar-refractivity contribution is 0.349. The highest BCUT2D eigenvalue weighted by atomic mass is 16.5. The molecule has 1 unspecified atom stereocenters. The Bertz CT molecular complexity index is 313. The maximum absolute atomic E-state index is 5.19. The quantitative estimate of drug-likeness (QED) is 0.793. The molecule has 0 spiro atoms. The fourth-order valence-corrected chi connectivity index (χ4v) is 1.69. The first-order valence-corrected chi connectivity index (χ1v) is 5.63. The number of ether oxygens (including phenoxy) is 1. The van der Waals surface area contributed by atoms with E-state index in [2.05, 4.69) is 43.4 Å². The summed E-state index contributed by atoms with van der Waals surface area (Å²) in [7, 11) is 5.87. The van der Waals surface area contributed by atoms with Crippen molar-refractivity contribution in [3.8, 4) is 5.75 Å². The number of nitrogens with zero attached hydrogens (tertiary/aromatic N) is 1. The third-order valence-electron chi connectivity index (χ3n) is 2.43. The Morgan fingerprint density at radius 3 is 2.75 bits per heavy atom.